The number of rotatable bonds is 3. The second-order valence-corrected chi connectivity index (χ2v) is 4.57. The van der Waals surface area contributed by atoms with Crippen molar-refractivity contribution in [3.63, 3.8) is 0 Å². The fraction of sp³-hybridized carbons (Fsp3) is 0. The third-order valence-electron chi connectivity index (χ3n) is 2.42. The van der Waals surface area contributed by atoms with Crippen LogP contribution in [0.15, 0.2) is 28.9 Å². The number of carboxylic acid groups (broad SMARTS) is 1. The van der Waals surface area contributed by atoms with Gasteiger partial charge < -0.3 is 16.6 Å². The number of carbonyl (C=O) groups excluding carboxylic acids is 1. The average molecular weight is 325 g/mol. The smallest absolute Gasteiger partial charge is 0.358 e. The van der Waals surface area contributed by atoms with Gasteiger partial charge in [-0.25, -0.2) is 9.48 Å². The summed E-state index contributed by atoms with van der Waals surface area (Å²) in [4.78, 5) is 21.9. The molecule has 0 atom stereocenters. The SMILES string of the molecule is NC(=O)c1ccc(-n2cc(N)c(C(=O)O)n2)c(Br)c1. The number of anilines is 1. The molecule has 0 fully saturated rings. The van der Waals surface area contributed by atoms with Crippen LogP contribution in [0, 0.1) is 0 Å². The Morgan fingerprint density at radius 3 is 2.53 bits per heavy atom. The first-order chi connectivity index (χ1) is 8.90. The van der Waals surface area contributed by atoms with Gasteiger partial charge in [-0.2, -0.15) is 5.10 Å². The zero-order valence-electron chi connectivity index (χ0n) is 9.50. The Morgan fingerprint density at radius 1 is 1.37 bits per heavy atom. The van der Waals surface area contributed by atoms with E-state index in [0.29, 0.717) is 15.7 Å². The van der Waals surface area contributed by atoms with Crippen molar-refractivity contribution >= 4 is 33.5 Å². The summed E-state index contributed by atoms with van der Waals surface area (Å²) in [6, 6.07) is 4.62. The molecule has 0 bridgehead atoms. The van der Waals surface area contributed by atoms with E-state index in [0.717, 1.165) is 0 Å². The second kappa shape index (κ2) is 4.73. The van der Waals surface area contributed by atoms with Gasteiger partial charge in [-0.1, -0.05) is 0 Å². The van der Waals surface area contributed by atoms with E-state index >= 15 is 0 Å². The first-order valence-corrected chi connectivity index (χ1v) is 5.87. The quantitative estimate of drug-likeness (QED) is 0.777. The minimum absolute atomic E-state index is 0.0541. The van der Waals surface area contributed by atoms with E-state index in [1.54, 1.807) is 6.07 Å². The van der Waals surface area contributed by atoms with Crippen LogP contribution < -0.4 is 11.5 Å². The molecule has 98 valence electrons. The molecule has 0 aliphatic carbocycles. The zero-order chi connectivity index (χ0) is 14.2. The highest BCUT2D eigenvalue weighted by molar-refractivity contribution is 9.10. The van der Waals surface area contributed by atoms with E-state index in [9.17, 15) is 9.59 Å². The van der Waals surface area contributed by atoms with Crippen molar-refractivity contribution in [2.75, 3.05) is 5.73 Å². The molecule has 8 heteroatoms. The Balaban J connectivity index is 2.50. The highest BCUT2D eigenvalue weighted by Crippen LogP contribution is 2.23. The van der Waals surface area contributed by atoms with E-state index in [2.05, 4.69) is 21.0 Å². The summed E-state index contributed by atoms with van der Waals surface area (Å²) in [5.74, 6) is -1.76. The largest absolute Gasteiger partial charge is 0.476 e. The average Bonchev–Trinajstić information content (AvgIpc) is 2.71. The molecule has 1 heterocycles. The standard InChI is InChI=1S/C11H9BrN4O3/c12-6-3-5(10(14)17)1-2-8(6)16-4-7(13)9(15-16)11(18)19/h1-4H,13H2,(H2,14,17)(H,18,19). The van der Waals surface area contributed by atoms with Crippen LogP contribution in [0.3, 0.4) is 0 Å². The second-order valence-electron chi connectivity index (χ2n) is 3.71. The van der Waals surface area contributed by atoms with Crippen LogP contribution in [-0.4, -0.2) is 26.8 Å². The molecule has 0 spiro atoms. The van der Waals surface area contributed by atoms with Crippen LogP contribution in [0.2, 0.25) is 0 Å². The Bertz CT molecular complexity index is 681. The van der Waals surface area contributed by atoms with Gasteiger partial charge in [-0.05, 0) is 34.1 Å². The number of halogens is 1. The molecule has 0 aliphatic heterocycles. The topological polar surface area (TPSA) is 124 Å². The van der Waals surface area contributed by atoms with Gasteiger partial charge in [0.2, 0.25) is 5.91 Å². The van der Waals surface area contributed by atoms with Gasteiger partial charge in [-0.15, -0.1) is 0 Å². The molecular formula is C11H9BrN4O3. The highest BCUT2D eigenvalue weighted by atomic mass is 79.9. The summed E-state index contributed by atoms with van der Waals surface area (Å²) in [5.41, 5.74) is 11.4. The number of primary amides is 1. The number of aromatic carboxylic acids is 1. The van der Waals surface area contributed by atoms with E-state index in [1.165, 1.54) is 23.0 Å². The van der Waals surface area contributed by atoms with Gasteiger partial charge in [0.1, 0.15) is 0 Å². The molecule has 7 nitrogen and oxygen atoms in total. The Kier molecular flexibility index (Phi) is 3.26. The number of nitrogen functional groups attached to an aromatic ring is 1. The molecule has 0 saturated heterocycles. The normalized spacial score (nSPS) is 10.4. The number of nitrogens with zero attached hydrogens (tertiary/aromatic N) is 2. The molecule has 2 rings (SSSR count). The minimum atomic E-state index is -1.21. The first kappa shape index (κ1) is 13.1. The monoisotopic (exact) mass is 324 g/mol. The number of hydrogen-bond donors (Lipinski definition) is 3. The number of nitrogens with two attached hydrogens (primary N) is 2. The van der Waals surface area contributed by atoms with Crippen molar-refractivity contribution in [3.05, 3.63) is 40.1 Å². The van der Waals surface area contributed by atoms with Crippen LogP contribution in [0.5, 0.6) is 0 Å². The summed E-state index contributed by atoms with van der Waals surface area (Å²) in [6.07, 6.45) is 1.38. The third kappa shape index (κ3) is 2.43. The fourth-order valence-corrected chi connectivity index (χ4v) is 2.08. The molecule has 0 aliphatic rings. The van der Waals surface area contributed by atoms with Gasteiger partial charge >= 0.3 is 5.97 Å². The van der Waals surface area contributed by atoms with Crippen molar-refractivity contribution < 1.29 is 14.7 Å². The summed E-state index contributed by atoms with van der Waals surface area (Å²) in [5, 5.41) is 12.7. The third-order valence-corrected chi connectivity index (χ3v) is 3.06. The molecular weight excluding hydrogens is 316 g/mol. The summed E-state index contributed by atoms with van der Waals surface area (Å²) >= 11 is 3.27. The number of amides is 1. The lowest BCUT2D eigenvalue weighted by atomic mass is 10.2. The van der Waals surface area contributed by atoms with Gasteiger partial charge in [0.05, 0.1) is 17.6 Å². The van der Waals surface area contributed by atoms with E-state index in [1.807, 2.05) is 0 Å². The predicted octanol–water partition coefficient (Wildman–Crippen LogP) is 1.01. The molecule has 2 aromatic rings. The molecule has 1 aromatic carbocycles. The maximum atomic E-state index is 11.0. The number of carbonyl (C=O) groups is 2. The summed E-state index contributed by atoms with van der Waals surface area (Å²) in [7, 11) is 0. The first-order valence-electron chi connectivity index (χ1n) is 5.08. The fourth-order valence-electron chi connectivity index (χ4n) is 1.52. The maximum absolute atomic E-state index is 11.0. The summed E-state index contributed by atoms with van der Waals surface area (Å²) < 4.78 is 1.86. The minimum Gasteiger partial charge on any atom is -0.476 e. The molecule has 0 saturated carbocycles. The van der Waals surface area contributed by atoms with Crippen molar-refractivity contribution in [1.82, 2.24) is 9.78 Å². The van der Waals surface area contributed by atoms with Crippen LogP contribution in [0.25, 0.3) is 5.69 Å². The summed E-state index contributed by atoms with van der Waals surface area (Å²) in [6.45, 7) is 0. The Labute approximate surface area is 115 Å². The Hall–Kier alpha value is -2.35. The lowest BCUT2D eigenvalue weighted by Crippen LogP contribution is -2.11. The molecule has 1 amide bonds. The lowest BCUT2D eigenvalue weighted by molar-refractivity contribution is 0.0691. The van der Waals surface area contributed by atoms with Gasteiger partial charge in [0.25, 0.3) is 0 Å². The molecule has 5 N–H and O–H groups in total. The lowest BCUT2D eigenvalue weighted by Gasteiger charge is -2.05. The van der Waals surface area contributed by atoms with Crippen molar-refractivity contribution in [2.24, 2.45) is 5.73 Å². The van der Waals surface area contributed by atoms with Gasteiger partial charge in [0.15, 0.2) is 5.69 Å². The number of carboxylic acids is 1. The van der Waals surface area contributed by atoms with Crippen molar-refractivity contribution in [2.45, 2.75) is 0 Å². The van der Waals surface area contributed by atoms with Crippen molar-refractivity contribution in [1.29, 1.82) is 0 Å². The maximum Gasteiger partial charge on any atom is 0.358 e. The number of hydrogen-bond acceptors (Lipinski definition) is 4. The zero-order valence-corrected chi connectivity index (χ0v) is 11.1. The van der Waals surface area contributed by atoms with Crippen LogP contribution >= 0.6 is 15.9 Å². The number of benzene rings is 1. The molecule has 1 aromatic heterocycles. The van der Waals surface area contributed by atoms with Crippen molar-refractivity contribution in [3.8, 4) is 5.69 Å². The molecule has 0 unspecified atom stereocenters. The Morgan fingerprint density at radius 2 is 2.05 bits per heavy atom. The highest BCUT2D eigenvalue weighted by Gasteiger charge is 2.15. The van der Waals surface area contributed by atoms with Crippen LogP contribution in [-0.2, 0) is 0 Å². The van der Waals surface area contributed by atoms with Gasteiger partial charge in [0, 0.05) is 10.0 Å². The van der Waals surface area contributed by atoms with E-state index in [4.69, 9.17) is 16.6 Å². The van der Waals surface area contributed by atoms with Crippen LogP contribution in [0.4, 0.5) is 5.69 Å². The van der Waals surface area contributed by atoms with Crippen LogP contribution in [0.1, 0.15) is 20.8 Å². The van der Waals surface area contributed by atoms with E-state index in [-0.39, 0.29) is 11.4 Å². The number of aromatic nitrogens is 2. The predicted molar refractivity (Wildman–Crippen MR) is 71.2 cm³/mol. The molecule has 0 radical (unpaired) electrons. The van der Waals surface area contributed by atoms with E-state index < -0.39 is 11.9 Å². The molecule has 19 heavy (non-hydrogen) atoms. The van der Waals surface area contributed by atoms with Gasteiger partial charge in [-0.3, -0.25) is 4.79 Å².